The molecule has 14 heavy (non-hydrogen) atoms. The van der Waals surface area contributed by atoms with Crippen molar-refractivity contribution in [2.45, 2.75) is 12.5 Å². The topological polar surface area (TPSA) is 53.4 Å². The van der Waals surface area contributed by atoms with Gasteiger partial charge in [0.25, 0.3) is 5.91 Å². The van der Waals surface area contributed by atoms with Crippen molar-refractivity contribution < 1.29 is 9.90 Å². The van der Waals surface area contributed by atoms with Crippen molar-refractivity contribution in [1.29, 1.82) is 0 Å². The van der Waals surface area contributed by atoms with Crippen LogP contribution in [0.15, 0.2) is 24.4 Å². The Morgan fingerprint density at radius 3 is 2.79 bits per heavy atom. The molecule has 1 aliphatic heterocycles. The lowest BCUT2D eigenvalue weighted by molar-refractivity contribution is -0.0670. The second-order valence-electron chi connectivity index (χ2n) is 3.87. The predicted octanol–water partition coefficient (Wildman–Crippen LogP) is 0.288. The molecular formula is C10H12N2O2. The van der Waals surface area contributed by atoms with Crippen LogP contribution in [0.3, 0.4) is 0 Å². The normalized spacial score (nSPS) is 18.9. The maximum atomic E-state index is 11.7. The molecule has 1 aromatic heterocycles. The molecule has 2 rings (SSSR count). The Morgan fingerprint density at radius 2 is 2.29 bits per heavy atom. The molecule has 1 saturated heterocycles. The molecule has 1 N–H and O–H groups in total. The van der Waals surface area contributed by atoms with Crippen molar-refractivity contribution in [3.8, 4) is 0 Å². The number of carbonyl (C=O) groups excluding carboxylic acids is 1. The molecule has 74 valence electrons. The van der Waals surface area contributed by atoms with Gasteiger partial charge < -0.3 is 10.0 Å². The zero-order valence-corrected chi connectivity index (χ0v) is 7.97. The van der Waals surface area contributed by atoms with Crippen molar-refractivity contribution in [2.75, 3.05) is 13.1 Å². The molecule has 0 atom stereocenters. The average Bonchev–Trinajstić information content (AvgIpc) is 2.14. The summed E-state index contributed by atoms with van der Waals surface area (Å²) >= 11 is 0. The maximum absolute atomic E-state index is 11.7. The first kappa shape index (κ1) is 9.15. The summed E-state index contributed by atoms with van der Waals surface area (Å²) in [6.45, 7) is 2.50. The van der Waals surface area contributed by atoms with Gasteiger partial charge in [-0.15, -0.1) is 0 Å². The Labute approximate surface area is 82.2 Å². The van der Waals surface area contributed by atoms with Crippen LogP contribution in [0.5, 0.6) is 0 Å². The minimum absolute atomic E-state index is 0.114. The molecule has 2 heterocycles. The summed E-state index contributed by atoms with van der Waals surface area (Å²) in [5.74, 6) is -0.114. The van der Waals surface area contributed by atoms with Gasteiger partial charge in [-0.3, -0.25) is 9.78 Å². The first-order valence-corrected chi connectivity index (χ1v) is 4.51. The number of hydrogen-bond acceptors (Lipinski definition) is 3. The van der Waals surface area contributed by atoms with Gasteiger partial charge in [0.15, 0.2) is 0 Å². The highest BCUT2D eigenvalue weighted by Crippen LogP contribution is 2.21. The lowest BCUT2D eigenvalue weighted by Crippen LogP contribution is -2.61. The van der Waals surface area contributed by atoms with Gasteiger partial charge in [-0.1, -0.05) is 6.07 Å². The summed E-state index contributed by atoms with van der Waals surface area (Å²) in [7, 11) is 0. The maximum Gasteiger partial charge on any atom is 0.272 e. The molecular weight excluding hydrogens is 180 g/mol. The highest BCUT2D eigenvalue weighted by molar-refractivity contribution is 5.92. The first-order chi connectivity index (χ1) is 6.58. The molecule has 0 aromatic carbocycles. The van der Waals surface area contributed by atoms with Crippen LogP contribution in [0.2, 0.25) is 0 Å². The quantitative estimate of drug-likeness (QED) is 0.695. The van der Waals surface area contributed by atoms with Gasteiger partial charge in [0.05, 0.1) is 18.7 Å². The number of rotatable bonds is 1. The minimum atomic E-state index is -0.718. The second-order valence-corrected chi connectivity index (χ2v) is 3.87. The summed E-state index contributed by atoms with van der Waals surface area (Å²) in [4.78, 5) is 17.2. The number of aromatic nitrogens is 1. The standard InChI is InChI=1S/C10H12N2O2/c1-10(14)6-12(7-10)9(13)8-4-2-3-5-11-8/h2-5,14H,6-7H2,1H3. The Hall–Kier alpha value is -1.42. The summed E-state index contributed by atoms with van der Waals surface area (Å²) in [5.41, 5.74) is -0.284. The number of amides is 1. The van der Waals surface area contributed by atoms with Crippen LogP contribution in [-0.2, 0) is 0 Å². The highest BCUT2D eigenvalue weighted by atomic mass is 16.3. The van der Waals surface area contributed by atoms with Crippen LogP contribution >= 0.6 is 0 Å². The van der Waals surface area contributed by atoms with E-state index < -0.39 is 5.60 Å². The molecule has 0 unspecified atom stereocenters. The largest absolute Gasteiger partial charge is 0.386 e. The number of carbonyl (C=O) groups is 1. The third kappa shape index (κ3) is 1.61. The van der Waals surface area contributed by atoms with Gasteiger partial charge in [0.1, 0.15) is 5.69 Å². The molecule has 0 saturated carbocycles. The molecule has 0 radical (unpaired) electrons. The molecule has 4 nitrogen and oxygen atoms in total. The van der Waals surface area contributed by atoms with E-state index in [1.54, 1.807) is 36.2 Å². The van der Waals surface area contributed by atoms with Crippen LogP contribution < -0.4 is 0 Å². The van der Waals surface area contributed by atoms with Gasteiger partial charge in [-0.2, -0.15) is 0 Å². The Balaban J connectivity index is 2.05. The SMILES string of the molecule is CC1(O)CN(C(=O)c2ccccn2)C1. The van der Waals surface area contributed by atoms with Crippen molar-refractivity contribution >= 4 is 5.91 Å². The molecule has 1 aliphatic rings. The monoisotopic (exact) mass is 192 g/mol. The lowest BCUT2D eigenvalue weighted by atomic mass is 9.96. The summed E-state index contributed by atoms with van der Waals surface area (Å²) < 4.78 is 0. The van der Waals surface area contributed by atoms with E-state index in [9.17, 15) is 9.90 Å². The lowest BCUT2D eigenvalue weighted by Gasteiger charge is -2.43. The average molecular weight is 192 g/mol. The minimum Gasteiger partial charge on any atom is -0.386 e. The Bertz CT molecular complexity index is 340. The predicted molar refractivity (Wildman–Crippen MR) is 50.8 cm³/mol. The molecule has 0 aliphatic carbocycles. The van der Waals surface area contributed by atoms with Gasteiger partial charge in [-0.05, 0) is 19.1 Å². The Kier molecular flexibility index (Phi) is 2.00. The van der Waals surface area contributed by atoms with E-state index in [4.69, 9.17) is 0 Å². The van der Waals surface area contributed by atoms with Crippen LogP contribution in [0.4, 0.5) is 0 Å². The smallest absolute Gasteiger partial charge is 0.272 e. The Morgan fingerprint density at radius 1 is 1.57 bits per heavy atom. The highest BCUT2D eigenvalue weighted by Gasteiger charge is 2.39. The van der Waals surface area contributed by atoms with E-state index in [0.717, 1.165) is 0 Å². The zero-order chi connectivity index (χ0) is 10.2. The molecule has 1 aromatic rings. The fraction of sp³-hybridized carbons (Fsp3) is 0.400. The first-order valence-electron chi connectivity index (χ1n) is 4.51. The zero-order valence-electron chi connectivity index (χ0n) is 7.97. The van der Waals surface area contributed by atoms with Crippen molar-refractivity contribution in [2.24, 2.45) is 0 Å². The summed E-state index contributed by atoms with van der Waals surface area (Å²) in [5, 5.41) is 9.47. The van der Waals surface area contributed by atoms with E-state index in [-0.39, 0.29) is 5.91 Å². The fourth-order valence-corrected chi connectivity index (χ4v) is 1.57. The van der Waals surface area contributed by atoms with Gasteiger partial charge in [0, 0.05) is 6.20 Å². The number of pyridine rings is 1. The number of aliphatic hydroxyl groups is 1. The molecule has 0 bridgehead atoms. The number of nitrogens with zero attached hydrogens (tertiary/aromatic N) is 2. The van der Waals surface area contributed by atoms with E-state index >= 15 is 0 Å². The number of likely N-dealkylation sites (tertiary alicyclic amines) is 1. The summed E-state index contributed by atoms with van der Waals surface area (Å²) in [6, 6.07) is 5.22. The molecule has 0 spiro atoms. The third-order valence-electron chi connectivity index (χ3n) is 2.23. The van der Waals surface area contributed by atoms with Crippen LogP contribution in [0, 0.1) is 0 Å². The van der Waals surface area contributed by atoms with Crippen LogP contribution in [0.25, 0.3) is 0 Å². The van der Waals surface area contributed by atoms with Crippen molar-refractivity contribution in [3.63, 3.8) is 0 Å². The second kappa shape index (κ2) is 3.06. The van der Waals surface area contributed by atoms with Gasteiger partial charge in [-0.25, -0.2) is 0 Å². The van der Waals surface area contributed by atoms with Gasteiger partial charge in [0.2, 0.25) is 0 Å². The van der Waals surface area contributed by atoms with E-state index in [2.05, 4.69) is 4.98 Å². The number of β-amino-alcohol motifs (C(OH)–C–C–N with tert-alkyl or cyclic N) is 1. The van der Waals surface area contributed by atoms with E-state index in [1.807, 2.05) is 0 Å². The van der Waals surface area contributed by atoms with E-state index in [1.165, 1.54) is 0 Å². The fourth-order valence-electron chi connectivity index (χ4n) is 1.57. The molecule has 1 fully saturated rings. The van der Waals surface area contributed by atoms with E-state index in [0.29, 0.717) is 18.8 Å². The third-order valence-corrected chi connectivity index (χ3v) is 2.23. The molecule has 1 amide bonds. The molecule has 4 heteroatoms. The summed E-state index contributed by atoms with van der Waals surface area (Å²) in [6.07, 6.45) is 1.59. The van der Waals surface area contributed by atoms with Crippen molar-refractivity contribution in [3.05, 3.63) is 30.1 Å². The number of hydrogen-bond donors (Lipinski definition) is 1. The van der Waals surface area contributed by atoms with Gasteiger partial charge >= 0.3 is 0 Å². The van der Waals surface area contributed by atoms with Crippen LogP contribution in [-0.4, -0.2) is 39.6 Å². The van der Waals surface area contributed by atoms with Crippen LogP contribution in [0.1, 0.15) is 17.4 Å². The van der Waals surface area contributed by atoms with Crippen molar-refractivity contribution in [1.82, 2.24) is 9.88 Å².